The fourth-order valence-electron chi connectivity index (χ4n) is 2.86. The first kappa shape index (κ1) is 18.6. The van der Waals surface area contributed by atoms with E-state index in [2.05, 4.69) is 37.4 Å². The summed E-state index contributed by atoms with van der Waals surface area (Å²) >= 11 is 0. The van der Waals surface area contributed by atoms with Gasteiger partial charge in [-0.1, -0.05) is 35.9 Å². The van der Waals surface area contributed by atoms with Crippen LogP contribution >= 0.6 is 0 Å². The molecule has 0 saturated heterocycles. The Morgan fingerprint density at radius 1 is 1.16 bits per heavy atom. The second kappa shape index (κ2) is 7.90. The molecule has 0 aromatic heterocycles. The van der Waals surface area contributed by atoms with Crippen molar-refractivity contribution >= 4 is 17.3 Å². The molecule has 0 spiro atoms. The first-order valence-electron chi connectivity index (χ1n) is 8.19. The van der Waals surface area contributed by atoms with Gasteiger partial charge in [0.2, 0.25) is 0 Å². The van der Waals surface area contributed by atoms with E-state index in [1.807, 2.05) is 7.05 Å². The molecule has 1 amide bonds. The van der Waals surface area contributed by atoms with Crippen molar-refractivity contribution < 1.29 is 14.6 Å². The van der Waals surface area contributed by atoms with Crippen LogP contribution in [0.2, 0.25) is 0 Å². The van der Waals surface area contributed by atoms with Gasteiger partial charge in [-0.05, 0) is 31.9 Å². The molecule has 6 nitrogen and oxygen atoms in total. The molecule has 0 aliphatic carbocycles. The minimum atomic E-state index is -0.477. The maximum atomic E-state index is 12.3. The number of nitrogens with one attached hydrogen (secondary N) is 2. The molecule has 2 rings (SSSR count). The Kier molecular flexibility index (Phi) is 5.88. The van der Waals surface area contributed by atoms with Gasteiger partial charge in [0, 0.05) is 11.6 Å². The number of aryl methyl sites for hydroxylation is 3. The standard InChI is InChI=1S/C19H23N3O3/c1-13-8-9-16(15(3)10-13)11-21(4)12-18(23)20-19-14(2)6-5-7-17(19)22(24)25/h5-10H,11-12H2,1-4H3,(H,20,23)/p+1. The zero-order valence-corrected chi connectivity index (χ0v) is 15.1. The highest BCUT2D eigenvalue weighted by molar-refractivity contribution is 5.94. The fourth-order valence-corrected chi connectivity index (χ4v) is 2.86. The lowest BCUT2D eigenvalue weighted by Crippen LogP contribution is -3.08. The third-order valence-electron chi connectivity index (χ3n) is 4.16. The molecule has 2 N–H and O–H groups in total. The quantitative estimate of drug-likeness (QED) is 0.624. The molecule has 1 atom stereocenters. The summed E-state index contributed by atoms with van der Waals surface area (Å²) in [6, 6.07) is 11.0. The van der Waals surface area contributed by atoms with Gasteiger partial charge >= 0.3 is 0 Å². The first-order chi connectivity index (χ1) is 11.8. The van der Waals surface area contributed by atoms with Gasteiger partial charge < -0.3 is 10.2 Å². The molecule has 2 aromatic carbocycles. The summed E-state index contributed by atoms with van der Waals surface area (Å²) in [4.78, 5) is 24.0. The number of benzene rings is 2. The summed E-state index contributed by atoms with van der Waals surface area (Å²) in [6.07, 6.45) is 0. The molecule has 2 aromatic rings. The lowest BCUT2D eigenvalue weighted by molar-refractivity contribution is -0.885. The largest absolute Gasteiger partial charge is 0.326 e. The average Bonchev–Trinajstić information content (AvgIpc) is 2.51. The number of amides is 1. The Hall–Kier alpha value is -2.73. The Bertz CT molecular complexity index is 802. The molecule has 6 heteroatoms. The van der Waals surface area contributed by atoms with Crippen molar-refractivity contribution in [1.29, 1.82) is 0 Å². The van der Waals surface area contributed by atoms with Crippen LogP contribution in [0, 0.1) is 30.9 Å². The van der Waals surface area contributed by atoms with Gasteiger partial charge in [0.15, 0.2) is 6.54 Å². The summed E-state index contributed by atoms with van der Waals surface area (Å²) in [6.45, 7) is 6.81. The number of nitro benzene ring substituents is 1. The molecule has 0 saturated carbocycles. The number of nitro groups is 1. The van der Waals surface area contributed by atoms with Crippen LogP contribution in [0.5, 0.6) is 0 Å². The van der Waals surface area contributed by atoms with Crippen molar-refractivity contribution in [3.63, 3.8) is 0 Å². The van der Waals surface area contributed by atoms with Crippen LogP contribution < -0.4 is 10.2 Å². The number of para-hydroxylation sites is 1. The van der Waals surface area contributed by atoms with Crippen molar-refractivity contribution in [2.24, 2.45) is 0 Å². The maximum absolute atomic E-state index is 12.3. The van der Waals surface area contributed by atoms with Gasteiger partial charge in [0.25, 0.3) is 11.6 Å². The van der Waals surface area contributed by atoms with Crippen LogP contribution in [0.3, 0.4) is 0 Å². The Balaban J connectivity index is 2.04. The fraction of sp³-hybridized carbons (Fsp3) is 0.316. The molecule has 25 heavy (non-hydrogen) atoms. The molecule has 0 radical (unpaired) electrons. The van der Waals surface area contributed by atoms with Gasteiger partial charge in [0.1, 0.15) is 12.2 Å². The lowest BCUT2D eigenvalue weighted by atomic mass is 10.1. The minimum absolute atomic E-state index is 0.0830. The minimum Gasteiger partial charge on any atom is -0.326 e. The van der Waals surface area contributed by atoms with E-state index < -0.39 is 4.92 Å². The van der Waals surface area contributed by atoms with Crippen molar-refractivity contribution in [1.82, 2.24) is 0 Å². The van der Waals surface area contributed by atoms with Crippen molar-refractivity contribution in [2.75, 3.05) is 18.9 Å². The van der Waals surface area contributed by atoms with E-state index >= 15 is 0 Å². The highest BCUT2D eigenvalue weighted by Gasteiger charge is 2.19. The molecule has 1 unspecified atom stereocenters. The molecular formula is C19H24N3O3+. The number of hydrogen-bond donors (Lipinski definition) is 2. The molecule has 0 fully saturated rings. The Labute approximate surface area is 147 Å². The van der Waals surface area contributed by atoms with Crippen LogP contribution in [0.25, 0.3) is 0 Å². The Morgan fingerprint density at radius 3 is 2.52 bits per heavy atom. The molecule has 0 aliphatic rings. The van der Waals surface area contributed by atoms with E-state index in [-0.39, 0.29) is 23.8 Å². The van der Waals surface area contributed by atoms with Gasteiger partial charge in [0.05, 0.1) is 12.0 Å². The number of carbonyl (C=O) groups is 1. The van der Waals surface area contributed by atoms with Crippen LogP contribution in [0.1, 0.15) is 22.3 Å². The van der Waals surface area contributed by atoms with E-state index in [0.29, 0.717) is 5.56 Å². The Morgan fingerprint density at radius 2 is 1.88 bits per heavy atom. The second-order valence-corrected chi connectivity index (χ2v) is 6.51. The summed E-state index contributed by atoms with van der Waals surface area (Å²) in [7, 11) is 1.94. The van der Waals surface area contributed by atoms with Crippen LogP contribution in [-0.2, 0) is 11.3 Å². The number of likely N-dealkylation sites (N-methyl/N-ethyl adjacent to an activating group) is 1. The highest BCUT2D eigenvalue weighted by Crippen LogP contribution is 2.27. The van der Waals surface area contributed by atoms with E-state index in [4.69, 9.17) is 0 Å². The predicted molar refractivity (Wildman–Crippen MR) is 97.8 cm³/mol. The molecule has 0 bridgehead atoms. The highest BCUT2D eigenvalue weighted by atomic mass is 16.6. The van der Waals surface area contributed by atoms with Crippen molar-refractivity contribution in [2.45, 2.75) is 27.3 Å². The SMILES string of the molecule is Cc1ccc(C[NH+](C)CC(=O)Nc2c(C)cccc2[N+](=O)[O-])c(C)c1. The molecular weight excluding hydrogens is 318 g/mol. The number of nitrogens with zero attached hydrogens (tertiary/aromatic N) is 1. The topological polar surface area (TPSA) is 76.7 Å². The van der Waals surface area contributed by atoms with Crippen molar-refractivity contribution in [3.8, 4) is 0 Å². The maximum Gasteiger partial charge on any atom is 0.293 e. The van der Waals surface area contributed by atoms with Crippen LogP contribution in [-0.4, -0.2) is 24.4 Å². The predicted octanol–water partition coefficient (Wildman–Crippen LogP) is 2.17. The zero-order chi connectivity index (χ0) is 18.6. The van der Waals surface area contributed by atoms with E-state index in [1.54, 1.807) is 19.1 Å². The third-order valence-corrected chi connectivity index (χ3v) is 4.16. The van der Waals surface area contributed by atoms with E-state index in [0.717, 1.165) is 11.4 Å². The summed E-state index contributed by atoms with van der Waals surface area (Å²) < 4.78 is 0. The summed E-state index contributed by atoms with van der Waals surface area (Å²) in [5.74, 6) is -0.236. The van der Waals surface area contributed by atoms with Crippen LogP contribution in [0.4, 0.5) is 11.4 Å². The summed E-state index contributed by atoms with van der Waals surface area (Å²) in [5, 5.41) is 13.8. The van der Waals surface area contributed by atoms with E-state index in [9.17, 15) is 14.9 Å². The van der Waals surface area contributed by atoms with Gasteiger partial charge in [-0.15, -0.1) is 0 Å². The normalized spacial score (nSPS) is 11.8. The zero-order valence-electron chi connectivity index (χ0n) is 15.1. The number of anilines is 1. The van der Waals surface area contributed by atoms with E-state index in [1.165, 1.54) is 22.8 Å². The number of quaternary nitrogens is 1. The second-order valence-electron chi connectivity index (χ2n) is 6.51. The lowest BCUT2D eigenvalue weighted by Gasteiger charge is -2.16. The van der Waals surface area contributed by atoms with Crippen LogP contribution in [0.15, 0.2) is 36.4 Å². The number of hydrogen-bond acceptors (Lipinski definition) is 3. The first-order valence-corrected chi connectivity index (χ1v) is 8.19. The van der Waals surface area contributed by atoms with Gasteiger partial charge in [-0.25, -0.2) is 0 Å². The molecule has 0 aliphatic heterocycles. The van der Waals surface area contributed by atoms with Crippen molar-refractivity contribution in [3.05, 3.63) is 68.8 Å². The smallest absolute Gasteiger partial charge is 0.293 e. The number of rotatable bonds is 6. The molecule has 0 heterocycles. The third kappa shape index (κ3) is 4.87. The summed E-state index contributed by atoms with van der Waals surface area (Å²) in [5.41, 5.74) is 4.47. The number of carbonyl (C=O) groups excluding carboxylic acids is 1. The molecule has 132 valence electrons. The monoisotopic (exact) mass is 342 g/mol. The van der Waals surface area contributed by atoms with Gasteiger partial charge in [-0.2, -0.15) is 0 Å². The average molecular weight is 342 g/mol. The van der Waals surface area contributed by atoms with Gasteiger partial charge in [-0.3, -0.25) is 14.9 Å².